The fraction of sp³-hybridized carbons (Fsp3) is 0.588. The summed E-state index contributed by atoms with van der Waals surface area (Å²) in [4.78, 5) is 14.9. The van der Waals surface area contributed by atoms with E-state index in [9.17, 15) is 4.79 Å². The van der Waals surface area contributed by atoms with Crippen molar-refractivity contribution in [1.29, 1.82) is 0 Å². The quantitative estimate of drug-likeness (QED) is 0.844. The van der Waals surface area contributed by atoms with Crippen LogP contribution in [0.3, 0.4) is 0 Å². The SMILES string of the molecule is CC1(N)CCCCC1C(=O)N1CCc2c(Br)cccc2C1. The Morgan fingerprint density at radius 3 is 3.00 bits per heavy atom. The normalized spacial score (nSPS) is 29.1. The van der Waals surface area contributed by atoms with Gasteiger partial charge in [-0.25, -0.2) is 0 Å². The number of benzene rings is 1. The van der Waals surface area contributed by atoms with Crippen LogP contribution in [0.25, 0.3) is 0 Å². The Bertz CT molecular complexity index is 556. The summed E-state index contributed by atoms with van der Waals surface area (Å²) in [6.07, 6.45) is 5.09. The first-order chi connectivity index (χ1) is 9.99. The highest BCUT2D eigenvalue weighted by Crippen LogP contribution is 2.34. The molecule has 0 saturated heterocycles. The van der Waals surface area contributed by atoms with E-state index in [4.69, 9.17) is 5.73 Å². The highest BCUT2D eigenvalue weighted by atomic mass is 79.9. The summed E-state index contributed by atoms with van der Waals surface area (Å²) in [5, 5.41) is 0. The van der Waals surface area contributed by atoms with Crippen LogP contribution in [0.5, 0.6) is 0 Å². The summed E-state index contributed by atoms with van der Waals surface area (Å²) >= 11 is 3.61. The molecule has 1 aliphatic carbocycles. The van der Waals surface area contributed by atoms with E-state index in [1.807, 2.05) is 17.9 Å². The summed E-state index contributed by atoms with van der Waals surface area (Å²) in [6, 6.07) is 6.25. The van der Waals surface area contributed by atoms with Crippen molar-refractivity contribution < 1.29 is 4.79 Å². The number of hydrogen-bond acceptors (Lipinski definition) is 2. The van der Waals surface area contributed by atoms with E-state index in [-0.39, 0.29) is 17.4 Å². The van der Waals surface area contributed by atoms with Gasteiger partial charge in [-0.2, -0.15) is 0 Å². The summed E-state index contributed by atoms with van der Waals surface area (Å²) < 4.78 is 1.16. The summed E-state index contributed by atoms with van der Waals surface area (Å²) in [5.41, 5.74) is 8.66. The van der Waals surface area contributed by atoms with Gasteiger partial charge < -0.3 is 10.6 Å². The molecule has 1 aliphatic heterocycles. The van der Waals surface area contributed by atoms with Gasteiger partial charge in [-0.15, -0.1) is 0 Å². The molecule has 21 heavy (non-hydrogen) atoms. The van der Waals surface area contributed by atoms with Crippen molar-refractivity contribution in [2.24, 2.45) is 11.7 Å². The second-order valence-corrected chi connectivity index (χ2v) is 7.55. The minimum absolute atomic E-state index is 0.0139. The average Bonchev–Trinajstić information content (AvgIpc) is 2.46. The third kappa shape index (κ3) is 2.88. The summed E-state index contributed by atoms with van der Waals surface area (Å²) in [6.45, 7) is 3.57. The second kappa shape index (κ2) is 5.73. The fourth-order valence-corrected chi connectivity index (χ4v) is 4.34. The van der Waals surface area contributed by atoms with Crippen LogP contribution in [0, 0.1) is 5.92 Å². The summed E-state index contributed by atoms with van der Waals surface area (Å²) in [5.74, 6) is 0.241. The minimum atomic E-state index is -0.340. The van der Waals surface area contributed by atoms with Gasteiger partial charge in [-0.3, -0.25) is 4.79 Å². The van der Waals surface area contributed by atoms with Crippen LogP contribution in [0.15, 0.2) is 22.7 Å². The molecule has 1 amide bonds. The average molecular weight is 351 g/mol. The molecule has 3 rings (SSSR count). The van der Waals surface area contributed by atoms with E-state index >= 15 is 0 Å². The topological polar surface area (TPSA) is 46.3 Å². The molecule has 114 valence electrons. The van der Waals surface area contributed by atoms with Crippen LogP contribution in [0.2, 0.25) is 0 Å². The Kier molecular flexibility index (Phi) is 4.10. The van der Waals surface area contributed by atoms with Gasteiger partial charge in [0.1, 0.15) is 0 Å². The number of carbonyl (C=O) groups is 1. The van der Waals surface area contributed by atoms with E-state index in [1.165, 1.54) is 11.1 Å². The molecule has 2 aliphatic rings. The maximum Gasteiger partial charge on any atom is 0.227 e. The lowest BCUT2D eigenvalue weighted by Gasteiger charge is -2.41. The molecule has 2 atom stereocenters. The van der Waals surface area contributed by atoms with Crippen molar-refractivity contribution in [3.05, 3.63) is 33.8 Å². The molecule has 3 nitrogen and oxygen atoms in total. The third-order valence-electron chi connectivity index (χ3n) is 5.07. The highest BCUT2D eigenvalue weighted by molar-refractivity contribution is 9.10. The molecule has 0 spiro atoms. The van der Waals surface area contributed by atoms with E-state index in [1.54, 1.807) is 0 Å². The van der Waals surface area contributed by atoms with Crippen molar-refractivity contribution in [3.8, 4) is 0 Å². The Morgan fingerprint density at radius 1 is 1.43 bits per heavy atom. The zero-order valence-corrected chi connectivity index (χ0v) is 14.2. The monoisotopic (exact) mass is 350 g/mol. The van der Waals surface area contributed by atoms with E-state index < -0.39 is 0 Å². The zero-order valence-electron chi connectivity index (χ0n) is 12.6. The lowest BCUT2D eigenvalue weighted by Crippen LogP contribution is -2.54. The maximum atomic E-state index is 12.9. The Morgan fingerprint density at radius 2 is 2.24 bits per heavy atom. The number of nitrogens with zero attached hydrogens (tertiary/aromatic N) is 1. The number of halogens is 1. The van der Waals surface area contributed by atoms with Crippen molar-refractivity contribution in [3.63, 3.8) is 0 Å². The molecule has 0 radical (unpaired) electrons. The molecule has 1 saturated carbocycles. The van der Waals surface area contributed by atoms with Crippen LogP contribution in [0.1, 0.15) is 43.7 Å². The molecular formula is C17H23BrN2O. The Labute approximate surface area is 135 Å². The van der Waals surface area contributed by atoms with Gasteiger partial charge in [0, 0.05) is 23.1 Å². The number of carbonyl (C=O) groups excluding carboxylic acids is 1. The Hall–Kier alpha value is -0.870. The van der Waals surface area contributed by atoms with Crippen LogP contribution in [0.4, 0.5) is 0 Å². The highest BCUT2D eigenvalue weighted by Gasteiger charge is 2.40. The third-order valence-corrected chi connectivity index (χ3v) is 5.82. The smallest absolute Gasteiger partial charge is 0.227 e. The van der Waals surface area contributed by atoms with E-state index in [0.717, 1.165) is 49.7 Å². The van der Waals surface area contributed by atoms with Crippen LogP contribution in [-0.4, -0.2) is 22.9 Å². The van der Waals surface area contributed by atoms with E-state index in [0.29, 0.717) is 0 Å². The molecule has 4 heteroatoms. The molecule has 0 aromatic heterocycles. The first kappa shape index (κ1) is 15.0. The van der Waals surface area contributed by atoms with Gasteiger partial charge in [0.05, 0.1) is 5.92 Å². The molecule has 2 N–H and O–H groups in total. The number of fused-ring (bicyclic) bond motifs is 1. The predicted octanol–water partition coefficient (Wildman–Crippen LogP) is 3.24. The maximum absolute atomic E-state index is 12.9. The number of amides is 1. The van der Waals surface area contributed by atoms with E-state index in [2.05, 4.69) is 28.1 Å². The Balaban J connectivity index is 1.78. The predicted molar refractivity (Wildman–Crippen MR) is 87.8 cm³/mol. The number of rotatable bonds is 1. The second-order valence-electron chi connectivity index (χ2n) is 6.69. The number of nitrogens with two attached hydrogens (primary N) is 1. The summed E-state index contributed by atoms with van der Waals surface area (Å²) in [7, 11) is 0. The van der Waals surface area contributed by atoms with Crippen LogP contribution < -0.4 is 5.73 Å². The van der Waals surface area contributed by atoms with Gasteiger partial charge in [0.25, 0.3) is 0 Å². The first-order valence-electron chi connectivity index (χ1n) is 7.83. The van der Waals surface area contributed by atoms with Gasteiger partial charge in [-0.1, -0.05) is 40.9 Å². The van der Waals surface area contributed by atoms with Crippen molar-refractivity contribution in [2.75, 3.05) is 6.54 Å². The minimum Gasteiger partial charge on any atom is -0.338 e. The van der Waals surface area contributed by atoms with Crippen molar-refractivity contribution in [2.45, 2.75) is 51.1 Å². The molecule has 1 aromatic carbocycles. The lowest BCUT2D eigenvalue weighted by atomic mass is 9.73. The van der Waals surface area contributed by atoms with Gasteiger partial charge in [-0.05, 0) is 43.4 Å². The van der Waals surface area contributed by atoms with Gasteiger partial charge in [0.15, 0.2) is 0 Å². The molecular weight excluding hydrogens is 328 g/mol. The van der Waals surface area contributed by atoms with Crippen LogP contribution >= 0.6 is 15.9 Å². The molecule has 1 fully saturated rings. The fourth-order valence-electron chi connectivity index (χ4n) is 3.74. The van der Waals surface area contributed by atoms with Gasteiger partial charge >= 0.3 is 0 Å². The molecule has 0 bridgehead atoms. The molecule has 2 unspecified atom stereocenters. The standard InChI is InChI=1S/C17H23BrN2O/c1-17(19)9-3-2-6-14(17)16(21)20-10-8-13-12(11-20)5-4-7-15(13)18/h4-5,7,14H,2-3,6,8-11,19H2,1H3. The zero-order chi connectivity index (χ0) is 15.0. The van der Waals surface area contributed by atoms with Crippen LogP contribution in [-0.2, 0) is 17.8 Å². The molecule has 1 aromatic rings. The first-order valence-corrected chi connectivity index (χ1v) is 8.62. The lowest BCUT2D eigenvalue weighted by molar-refractivity contribution is -0.139. The number of hydrogen-bond donors (Lipinski definition) is 1. The largest absolute Gasteiger partial charge is 0.338 e. The van der Waals surface area contributed by atoms with Crippen molar-refractivity contribution in [1.82, 2.24) is 4.90 Å². The van der Waals surface area contributed by atoms with Crippen molar-refractivity contribution >= 4 is 21.8 Å². The molecule has 1 heterocycles. The van der Waals surface area contributed by atoms with Gasteiger partial charge in [0.2, 0.25) is 5.91 Å².